The smallest absolute Gasteiger partial charge is 0.187 e. The second-order valence-electron chi connectivity index (χ2n) is 13.9. The molecule has 0 aromatic rings. The first-order valence-corrected chi connectivity index (χ1v) is 16.7. The number of ether oxygens (including phenoxy) is 6. The predicted octanol–water partition coefficient (Wildman–Crippen LogP) is -7.90. The standard InChI is InChI=1S/C29H54N6O14/c1-35-7-14-12(37)4-11(32)26(45-14)47-23-10(31)2-9(3-17(38)29(43)5-16(29)33)19(39)25(23)49-28-22(42)24(15(8-36)46-28)48-27-18(34)21(41)20(40)13(6-30)44-27/h9-16,18-28,35-37,39-43H,2-8,30-34H2,1H3/t9-,10-,11+,12-,13-,14+,15+,16?,18+,19-,20+,21+,22+,23+,24+,25+,26+,27+,28-,29?/m0/s1. The number of Topliss-reactive ketones (excluding diaryl/α,β-unsaturated/α-hetero) is 1. The fourth-order valence-corrected chi connectivity index (χ4v) is 7.17. The van der Waals surface area contributed by atoms with Crippen molar-refractivity contribution in [1.82, 2.24) is 5.32 Å². The lowest BCUT2D eigenvalue weighted by Crippen LogP contribution is -2.64. The number of hydrogen-bond donors (Lipinski definition) is 13. The number of hydrogen-bond acceptors (Lipinski definition) is 20. The molecular formula is C29H54N6O14. The first-order valence-electron chi connectivity index (χ1n) is 16.7. The third-order valence-corrected chi connectivity index (χ3v) is 10.4. The van der Waals surface area contributed by atoms with Crippen LogP contribution in [0.2, 0.25) is 0 Å². The maximum atomic E-state index is 13.0. The van der Waals surface area contributed by atoms with Crippen molar-refractivity contribution in [1.29, 1.82) is 0 Å². The number of carbonyl (C=O) groups is 1. The highest BCUT2D eigenvalue weighted by Gasteiger charge is 2.59. The quantitative estimate of drug-likeness (QED) is 0.0843. The summed E-state index contributed by atoms with van der Waals surface area (Å²) in [6, 6.07) is -3.68. The molecule has 3 saturated heterocycles. The number of nitrogens with two attached hydrogens (primary N) is 5. The zero-order valence-corrected chi connectivity index (χ0v) is 27.3. The van der Waals surface area contributed by atoms with Crippen LogP contribution in [0.5, 0.6) is 0 Å². The van der Waals surface area contributed by atoms with Crippen molar-refractivity contribution < 1.29 is 69.0 Å². The molecule has 5 fully saturated rings. The largest absolute Gasteiger partial charge is 0.394 e. The van der Waals surface area contributed by atoms with E-state index in [1.807, 2.05) is 0 Å². The molecule has 49 heavy (non-hydrogen) atoms. The fourth-order valence-electron chi connectivity index (χ4n) is 7.17. The summed E-state index contributed by atoms with van der Waals surface area (Å²) in [6.07, 6.45) is -17.8. The molecule has 20 atom stereocenters. The molecule has 5 aliphatic rings. The first kappa shape index (κ1) is 39.1. The maximum Gasteiger partial charge on any atom is 0.187 e. The number of aliphatic hydroxyl groups is 7. The summed E-state index contributed by atoms with van der Waals surface area (Å²) < 4.78 is 35.7. The van der Waals surface area contributed by atoms with Crippen molar-refractivity contribution in [2.45, 2.75) is 141 Å². The van der Waals surface area contributed by atoms with Gasteiger partial charge in [0.25, 0.3) is 0 Å². The molecule has 0 radical (unpaired) electrons. The third-order valence-electron chi connectivity index (χ3n) is 10.4. The van der Waals surface area contributed by atoms with Crippen LogP contribution in [0, 0.1) is 5.92 Å². The van der Waals surface area contributed by atoms with Crippen molar-refractivity contribution >= 4 is 5.78 Å². The maximum absolute atomic E-state index is 13.0. The lowest BCUT2D eigenvalue weighted by molar-refractivity contribution is -0.299. The predicted molar refractivity (Wildman–Crippen MR) is 165 cm³/mol. The Morgan fingerprint density at radius 3 is 2.02 bits per heavy atom. The summed E-state index contributed by atoms with van der Waals surface area (Å²) in [7, 11) is 1.68. The van der Waals surface area contributed by atoms with Crippen LogP contribution >= 0.6 is 0 Å². The molecule has 5 rings (SSSR count). The van der Waals surface area contributed by atoms with Crippen molar-refractivity contribution in [3.05, 3.63) is 0 Å². The average Bonchev–Trinajstić information content (AvgIpc) is 3.58. The molecule has 0 spiro atoms. The van der Waals surface area contributed by atoms with Crippen LogP contribution in [-0.2, 0) is 33.2 Å². The summed E-state index contributed by atoms with van der Waals surface area (Å²) in [5.41, 5.74) is 28.6. The average molecular weight is 711 g/mol. The van der Waals surface area contributed by atoms with Crippen molar-refractivity contribution in [3.8, 4) is 0 Å². The highest BCUT2D eigenvalue weighted by Crippen LogP contribution is 2.41. The van der Waals surface area contributed by atoms with E-state index in [1.165, 1.54) is 0 Å². The summed E-state index contributed by atoms with van der Waals surface area (Å²) in [6.45, 7) is -0.566. The van der Waals surface area contributed by atoms with Gasteiger partial charge in [-0.15, -0.1) is 0 Å². The lowest BCUT2D eigenvalue weighted by Gasteiger charge is -2.47. The number of likely N-dealkylation sites (N-methyl/N-ethyl adjacent to an activating group) is 1. The Hall–Kier alpha value is -1.09. The fraction of sp³-hybridized carbons (Fsp3) is 0.966. The zero-order valence-electron chi connectivity index (χ0n) is 27.3. The SMILES string of the molecule is CNC[C@H]1O[C@H](O[C@H]2[C@H](O[C@@H]3O[C@H](CO)[C@@H](O[C@H]4O[C@@H](CN)[C@@H](O)[C@H](O)[C@H]4N)[C@H]3O)[C@@H](O)[C@H](CC(=O)C3(O)CC3N)C[C@@H]2N)[C@H](N)C[C@@H]1O. The molecule has 3 aliphatic heterocycles. The molecule has 0 aromatic carbocycles. The van der Waals surface area contributed by atoms with E-state index in [0.29, 0.717) is 0 Å². The van der Waals surface area contributed by atoms with E-state index in [0.717, 1.165) is 0 Å². The van der Waals surface area contributed by atoms with Crippen LogP contribution in [-0.4, -0.2) is 184 Å². The molecule has 0 amide bonds. The van der Waals surface area contributed by atoms with Crippen LogP contribution in [0.25, 0.3) is 0 Å². The van der Waals surface area contributed by atoms with Crippen LogP contribution in [0.4, 0.5) is 0 Å². The molecule has 20 nitrogen and oxygen atoms in total. The first-order chi connectivity index (χ1) is 23.1. The van der Waals surface area contributed by atoms with E-state index in [2.05, 4.69) is 5.32 Å². The van der Waals surface area contributed by atoms with Gasteiger partial charge in [0, 0.05) is 38.0 Å². The van der Waals surface area contributed by atoms with Gasteiger partial charge in [-0.3, -0.25) is 4.79 Å². The minimum Gasteiger partial charge on any atom is -0.394 e. The van der Waals surface area contributed by atoms with E-state index in [-0.39, 0.29) is 38.8 Å². The van der Waals surface area contributed by atoms with Gasteiger partial charge in [-0.25, -0.2) is 0 Å². The van der Waals surface area contributed by atoms with Gasteiger partial charge in [0.15, 0.2) is 24.7 Å². The second kappa shape index (κ2) is 15.9. The Morgan fingerprint density at radius 1 is 0.796 bits per heavy atom. The van der Waals surface area contributed by atoms with Gasteiger partial charge in [-0.05, 0) is 25.8 Å². The van der Waals surface area contributed by atoms with Crippen LogP contribution in [0.3, 0.4) is 0 Å². The van der Waals surface area contributed by atoms with Gasteiger partial charge in [-0.1, -0.05) is 0 Å². The van der Waals surface area contributed by atoms with E-state index < -0.39 is 134 Å². The molecule has 18 N–H and O–H groups in total. The van der Waals surface area contributed by atoms with E-state index in [9.17, 15) is 40.5 Å². The highest BCUT2D eigenvalue weighted by atomic mass is 16.8. The molecule has 2 saturated carbocycles. The molecule has 2 unspecified atom stereocenters. The van der Waals surface area contributed by atoms with E-state index in [4.69, 9.17) is 57.1 Å². The Morgan fingerprint density at radius 2 is 1.41 bits per heavy atom. The van der Waals surface area contributed by atoms with Crippen molar-refractivity contribution in [3.63, 3.8) is 0 Å². The number of nitrogens with one attached hydrogen (secondary N) is 1. The number of aliphatic hydroxyl groups excluding tert-OH is 6. The van der Waals surface area contributed by atoms with Gasteiger partial charge in [0.2, 0.25) is 0 Å². The van der Waals surface area contributed by atoms with Crippen LogP contribution in [0.15, 0.2) is 0 Å². The Kier molecular flexibility index (Phi) is 12.7. The Labute approximate surface area is 283 Å². The normalized spacial score (nSPS) is 51.9. The molecular weight excluding hydrogens is 656 g/mol. The summed E-state index contributed by atoms with van der Waals surface area (Å²) >= 11 is 0. The molecule has 20 heteroatoms. The minimum atomic E-state index is -1.70. The Balaban J connectivity index is 1.35. The number of ketones is 1. The molecule has 3 heterocycles. The summed E-state index contributed by atoms with van der Waals surface area (Å²) in [4.78, 5) is 13.0. The van der Waals surface area contributed by atoms with Crippen LogP contribution in [0.1, 0.15) is 25.7 Å². The van der Waals surface area contributed by atoms with Gasteiger partial charge in [0.05, 0.1) is 37.0 Å². The number of rotatable bonds is 13. The van der Waals surface area contributed by atoms with Crippen molar-refractivity contribution in [2.24, 2.45) is 34.6 Å². The van der Waals surface area contributed by atoms with Gasteiger partial charge >= 0.3 is 0 Å². The molecule has 0 bridgehead atoms. The van der Waals surface area contributed by atoms with Gasteiger partial charge in [-0.2, -0.15) is 0 Å². The minimum absolute atomic E-state index is 0.0553. The van der Waals surface area contributed by atoms with E-state index >= 15 is 0 Å². The number of carbonyl (C=O) groups excluding carboxylic acids is 1. The third kappa shape index (κ3) is 7.98. The monoisotopic (exact) mass is 710 g/mol. The highest BCUT2D eigenvalue weighted by molar-refractivity contribution is 5.91. The summed E-state index contributed by atoms with van der Waals surface area (Å²) in [5.74, 6) is -1.40. The van der Waals surface area contributed by atoms with Crippen LogP contribution < -0.4 is 34.0 Å². The van der Waals surface area contributed by atoms with Gasteiger partial charge < -0.3 is 98.2 Å². The second-order valence-corrected chi connectivity index (χ2v) is 13.9. The Bertz CT molecular complexity index is 1120. The topological polar surface area (TPSA) is 356 Å². The lowest BCUT2D eigenvalue weighted by atomic mass is 9.76. The molecule has 284 valence electrons. The summed E-state index contributed by atoms with van der Waals surface area (Å²) in [5, 5.41) is 77.7. The molecule has 0 aromatic heterocycles. The van der Waals surface area contributed by atoms with Gasteiger partial charge in [0.1, 0.15) is 54.4 Å². The molecule has 2 aliphatic carbocycles. The van der Waals surface area contributed by atoms with Crippen molar-refractivity contribution in [2.75, 3.05) is 26.7 Å². The zero-order chi connectivity index (χ0) is 35.9. The van der Waals surface area contributed by atoms with E-state index in [1.54, 1.807) is 7.05 Å².